The van der Waals surface area contributed by atoms with E-state index in [2.05, 4.69) is 5.32 Å². The van der Waals surface area contributed by atoms with Gasteiger partial charge in [-0.3, -0.25) is 9.59 Å². The van der Waals surface area contributed by atoms with Crippen LogP contribution in [0, 0.1) is 5.41 Å². The van der Waals surface area contributed by atoms with E-state index in [1.165, 1.54) is 0 Å². The second kappa shape index (κ2) is 7.19. The van der Waals surface area contributed by atoms with Gasteiger partial charge in [-0.25, -0.2) is 0 Å². The lowest BCUT2D eigenvalue weighted by Gasteiger charge is -2.26. The van der Waals surface area contributed by atoms with Gasteiger partial charge in [-0.2, -0.15) is 0 Å². The standard InChI is InChI=1S/C14H23NO3/c1-2-3-6-9-15-12(16)10-14(11-13(17)18)7-4-5-8-14/h2-3H,4-11H2,1H3,(H,15,16)(H,17,18)/b3-2+. The van der Waals surface area contributed by atoms with Gasteiger partial charge in [0, 0.05) is 13.0 Å². The van der Waals surface area contributed by atoms with Crippen LogP contribution in [0.5, 0.6) is 0 Å². The smallest absolute Gasteiger partial charge is 0.303 e. The van der Waals surface area contributed by atoms with Crippen LogP contribution in [0.2, 0.25) is 0 Å². The fourth-order valence-electron chi connectivity index (χ4n) is 2.73. The maximum Gasteiger partial charge on any atom is 0.303 e. The van der Waals surface area contributed by atoms with E-state index in [0.717, 1.165) is 32.1 Å². The molecule has 1 fully saturated rings. The Morgan fingerprint density at radius 1 is 1.28 bits per heavy atom. The fraction of sp³-hybridized carbons (Fsp3) is 0.714. The molecule has 102 valence electrons. The maximum atomic E-state index is 11.8. The highest BCUT2D eigenvalue weighted by Gasteiger charge is 2.37. The number of carboxylic acids is 1. The van der Waals surface area contributed by atoms with Crippen LogP contribution >= 0.6 is 0 Å². The molecule has 0 saturated heterocycles. The molecular formula is C14H23NO3. The van der Waals surface area contributed by atoms with Crippen molar-refractivity contribution >= 4 is 11.9 Å². The van der Waals surface area contributed by atoms with Crippen molar-refractivity contribution in [3.63, 3.8) is 0 Å². The number of nitrogens with one attached hydrogen (secondary N) is 1. The van der Waals surface area contributed by atoms with E-state index in [0.29, 0.717) is 13.0 Å². The predicted octanol–water partition coefficient (Wildman–Crippen LogP) is 2.49. The Labute approximate surface area is 108 Å². The summed E-state index contributed by atoms with van der Waals surface area (Å²) in [4.78, 5) is 22.7. The average Bonchev–Trinajstić information content (AvgIpc) is 2.71. The van der Waals surface area contributed by atoms with E-state index in [-0.39, 0.29) is 17.7 Å². The highest BCUT2D eigenvalue weighted by Crippen LogP contribution is 2.43. The van der Waals surface area contributed by atoms with Crippen LogP contribution in [-0.4, -0.2) is 23.5 Å². The van der Waals surface area contributed by atoms with Crippen molar-refractivity contribution in [1.29, 1.82) is 0 Å². The molecule has 0 spiro atoms. The Morgan fingerprint density at radius 2 is 1.94 bits per heavy atom. The zero-order valence-corrected chi connectivity index (χ0v) is 11.1. The Balaban J connectivity index is 2.41. The van der Waals surface area contributed by atoms with Crippen LogP contribution < -0.4 is 5.32 Å². The first-order valence-electron chi connectivity index (χ1n) is 6.68. The molecule has 1 aliphatic carbocycles. The molecule has 0 aromatic carbocycles. The number of rotatable bonds is 7. The largest absolute Gasteiger partial charge is 0.481 e. The lowest BCUT2D eigenvalue weighted by atomic mass is 9.79. The fourth-order valence-corrected chi connectivity index (χ4v) is 2.73. The molecule has 0 radical (unpaired) electrons. The van der Waals surface area contributed by atoms with Crippen molar-refractivity contribution in [3.05, 3.63) is 12.2 Å². The van der Waals surface area contributed by atoms with Gasteiger partial charge >= 0.3 is 5.97 Å². The van der Waals surface area contributed by atoms with Crippen LogP contribution in [0.1, 0.15) is 51.9 Å². The van der Waals surface area contributed by atoms with Crippen molar-refractivity contribution in [2.24, 2.45) is 5.41 Å². The molecule has 18 heavy (non-hydrogen) atoms. The summed E-state index contributed by atoms with van der Waals surface area (Å²) < 4.78 is 0. The molecule has 4 nitrogen and oxygen atoms in total. The van der Waals surface area contributed by atoms with Crippen LogP contribution in [-0.2, 0) is 9.59 Å². The van der Waals surface area contributed by atoms with Crippen LogP contribution in [0.25, 0.3) is 0 Å². The highest BCUT2D eigenvalue weighted by atomic mass is 16.4. The van der Waals surface area contributed by atoms with E-state index >= 15 is 0 Å². The van der Waals surface area contributed by atoms with Gasteiger partial charge in [0.2, 0.25) is 5.91 Å². The van der Waals surface area contributed by atoms with Crippen LogP contribution in [0.4, 0.5) is 0 Å². The summed E-state index contributed by atoms with van der Waals surface area (Å²) in [5, 5.41) is 11.8. The molecule has 1 amide bonds. The molecule has 2 N–H and O–H groups in total. The molecule has 4 heteroatoms. The first kappa shape index (κ1) is 14.7. The van der Waals surface area contributed by atoms with Crippen molar-refractivity contribution in [2.45, 2.75) is 51.9 Å². The highest BCUT2D eigenvalue weighted by molar-refractivity contribution is 5.78. The summed E-state index contributed by atoms with van der Waals surface area (Å²) >= 11 is 0. The van der Waals surface area contributed by atoms with Gasteiger partial charge < -0.3 is 10.4 Å². The lowest BCUT2D eigenvalue weighted by Crippen LogP contribution is -2.32. The minimum atomic E-state index is -0.793. The molecule has 1 aliphatic rings. The minimum absolute atomic E-state index is 0.0114. The Morgan fingerprint density at radius 3 is 2.50 bits per heavy atom. The first-order chi connectivity index (χ1) is 8.58. The summed E-state index contributed by atoms with van der Waals surface area (Å²) in [6, 6.07) is 0. The summed E-state index contributed by atoms with van der Waals surface area (Å²) in [6.07, 6.45) is 9.07. The Hall–Kier alpha value is -1.32. The predicted molar refractivity (Wildman–Crippen MR) is 70.2 cm³/mol. The third-order valence-electron chi connectivity index (χ3n) is 3.59. The monoisotopic (exact) mass is 253 g/mol. The Bertz CT molecular complexity index is 317. The van der Waals surface area contributed by atoms with Crippen LogP contribution in [0.15, 0.2) is 12.2 Å². The number of hydrogen-bond donors (Lipinski definition) is 2. The maximum absolute atomic E-state index is 11.8. The summed E-state index contributed by atoms with van der Waals surface area (Å²) in [5.41, 5.74) is -0.295. The molecule has 0 atom stereocenters. The third-order valence-corrected chi connectivity index (χ3v) is 3.59. The molecule has 0 aromatic heterocycles. The number of carbonyl (C=O) groups excluding carboxylic acids is 1. The van der Waals surface area contributed by atoms with Crippen LogP contribution in [0.3, 0.4) is 0 Å². The molecular weight excluding hydrogens is 230 g/mol. The number of aliphatic carboxylic acids is 1. The van der Waals surface area contributed by atoms with Crippen molar-refractivity contribution < 1.29 is 14.7 Å². The molecule has 0 bridgehead atoms. The van der Waals surface area contributed by atoms with Gasteiger partial charge in [0.25, 0.3) is 0 Å². The van der Waals surface area contributed by atoms with Gasteiger partial charge in [-0.05, 0) is 31.6 Å². The van der Waals surface area contributed by atoms with Gasteiger partial charge in [0.1, 0.15) is 0 Å². The number of carboxylic acid groups (broad SMARTS) is 1. The number of hydrogen-bond acceptors (Lipinski definition) is 2. The second-order valence-electron chi connectivity index (χ2n) is 5.16. The van der Waals surface area contributed by atoms with Crippen molar-refractivity contribution in [1.82, 2.24) is 5.32 Å². The summed E-state index contributed by atoms with van der Waals surface area (Å²) in [7, 11) is 0. The number of amides is 1. The summed E-state index contributed by atoms with van der Waals surface area (Å²) in [6.45, 7) is 2.58. The summed E-state index contributed by atoms with van der Waals surface area (Å²) in [5.74, 6) is -0.804. The topological polar surface area (TPSA) is 66.4 Å². The zero-order chi connectivity index (χ0) is 13.4. The third kappa shape index (κ3) is 4.90. The van der Waals surface area contributed by atoms with E-state index in [1.807, 2.05) is 19.1 Å². The lowest BCUT2D eigenvalue weighted by molar-refractivity contribution is -0.140. The van der Waals surface area contributed by atoms with E-state index in [9.17, 15) is 9.59 Å². The average molecular weight is 253 g/mol. The minimum Gasteiger partial charge on any atom is -0.481 e. The Kier molecular flexibility index (Phi) is 5.89. The van der Waals surface area contributed by atoms with Gasteiger partial charge in [-0.15, -0.1) is 0 Å². The number of carbonyl (C=O) groups is 2. The van der Waals surface area contributed by atoms with E-state index in [4.69, 9.17) is 5.11 Å². The molecule has 0 unspecified atom stereocenters. The van der Waals surface area contributed by atoms with E-state index < -0.39 is 5.97 Å². The molecule has 0 aromatic rings. The molecule has 0 heterocycles. The molecule has 0 aliphatic heterocycles. The van der Waals surface area contributed by atoms with Gasteiger partial charge in [0.05, 0.1) is 6.42 Å². The molecule has 1 rings (SSSR count). The second-order valence-corrected chi connectivity index (χ2v) is 5.16. The normalized spacial score (nSPS) is 18.1. The first-order valence-corrected chi connectivity index (χ1v) is 6.68. The SMILES string of the molecule is C/C=C/CCNC(=O)CC1(CC(=O)O)CCCC1. The quantitative estimate of drug-likeness (QED) is 0.541. The van der Waals surface area contributed by atoms with Crippen molar-refractivity contribution in [2.75, 3.05) is 6.54 Å². The van der Waals surface area contributed by atoms with Crippen molar-refractivity contribution in [3.8, 4) is 0 Å². The van der Waals surface area contributed by atoms with E-state index in [1.54, 1.807) is 0 Å². The zero-order valence-electron chi connectivity index (χ0n) is 11.1. The number of allylic oxidation sites excluding steroid dienone is 1. The molecule has 1 saturated carbocycles. The van der Waals surface area contributed by atoms with Gasteiger partial charge in [-0.1, -0.05) is 25.0 Å². The van der Waals surface area contributed by atoms with Gasteiger partial charge in [0.15, 0.2) is 0 Å².